The first-order valence-electron chi connectivity index (χ1n) is 4.99. The third-order valence-electron chi connectivity index (χ3n) is 3.02. The normalized spacial score (nSPS) is 11.3. The maximum absolute atomic E-state index is 3.85. The third-order valence-corrected chi connectivity index (χ3v) is 3.02. The summed E-state index contributed by atoms with van der Waals surface area (Å²) in [7, 11) is 0. The van der Waals surface area contributed by atoms with Crippen LogP contribution < -0.4 is 5.32 Å². The van der Waals surface area contributed by atoms with Crippen molar-refractivity contribution in [2.24, 2.45) is 5.41 Å². The molecule has 0 aliphatic heterocycles. The summed E-state index contributed by atoms with van der Waals surface area (Å²) in [4.78, 5) is 0. The molecule has 1 nitrogen and oxygen atoms in total. The Balaban J connectivity index is 4.01. The minimum atomic E-state index is 0.485. The van der Waals surface area contributed by atoms with Crippen LogP contribution in [0.3, 0.4) is 0 Å². The van der Waals surface area contributed by atoms with Crippen LogP contribution in [0, 0.1) is 5.41 Å². The maximum atomic E-state index is 3.85. The van der Waals surface area contributed by atoms with Crippen molar-refractivity contribution >= 4 is 0 Å². The standard InChI is InChI=1S/C11H23N/c1-6-11(7-2,8-3)9-12-10(4)5/h12H,4,6-9H2,1-3,5H3. The van der Waals surface area contributed by atoms with Crippen molar-refractivity contribution in [3.63, 3.8) is 0 Å². The van der Waals surface area contributed by atoms with Gasteiger partial charge in [0.1, 0.15) is 0 Å². The molecule has 0 unspecified atom stereocenters. The van der Waals surface area contributed by atoms with Crippen LogP contribution in [0.25, 0.3) is 0 Å². The quantitative estimate of drug-likeness (QED) is 0.643. The van der Waals surface area contributed by atoms with E-state index in [0.29, 0.717) is 5.41 Å². The molecular weight excluding hydrogens is 146 g/mol. The zero-order chi connectivity index (χ0) is 9.61. The molecule has 0 aliphatic rings. The Morgan fingerprint density at radius 2 is 1.58 bits per heavy atom. The Morgan fingerprint density at radius 1 is 1.17 bits per heavy atom. The monoisotopic (exact) mass is 169 g/mol. The molecule has 0 saturated heterocycles. The van der Waals surface area contributed by atoms with E-state index in [1.807, 2.05) is 6.92 Å². The van der Waals surface area contributed by atoms with Crippen molar-refractivity contribution < 1.29 is 0 Å². The third kappa shape index (κ3) is 3.29. The summed E-state index contributed by atoms with van der Waals surface area (Å²) >= 11 is 0. The topological polar surface area (TPSA) is 12.0 Å². The zero-order valence-corrected chi connectivity index (χ0v) is 9.04. The van der Waals surface area contributed by atoms with Gasteiger partial charge in [-0.15, -0.1) is 0 Å². The highest BCUT2D eigenvalue weighted by Gasteiger charge is 2.22. The van der Waals surface area contributed by atoms with Gasteiger partial charge < -0.3 is 5.32 Å². The molecule has 0 aromatic carbocycles. The lowest BCUT2D eigenvalue weighted by Gasteiger charge is -2.31. The van der Waals surface area contributed by atoms with Crippen molar-refractivity contribution in [1.82, 2.24) is 5.32 Å². The van der Waals surface area contributed by atoms with E-state index in [-0.39, 0.29) is 0 Å². The summed E-state index contributed by atoms with van der Waals surface area (Å²) in [6.07, 6.45) is 3.75. The molecule has 0 aliphatic carbocycles. The number of hydrogen-bond donors (Lipinski definition) is 1. The molecule has 0 aromatic rings. The SMILES string of the molecule is C=C(C)NCC(CC)(CC)CC. The fraction of sp³-hybridized carbons (Fsp3) is 0.818. The largest absolute Gasteiger partial charge is 0.388 e. The lowest BCUT2D eigenvalue weighted by Crippen LogP contribution is -2.31. The van der Waals surface area contributed by atoms with Gasteiger partial charge in [0.25, 0.3) is 0 Å². The predicted octanol–water partition coefficient (Wildman–Crippen LogP) is 3.33. The fourth-order valence-electron chi connectivity index (χ4n) is 1.46. The molecule has 72 valence electrons. The van der Waals surface area contributed by atoms with Crippen molar-refractivity contribution in [2.45, 2.75) is 47.0 Å². The second-order valence-electron chi connectivity index (χ2n) is 3.69. The van der Waals surface area contributed by atoms with Crippen molar-refractivity contribution in [3.8, 4) is 0 Å². The van der Waals surface area contributed by atoms with E-state index < -0.39 is 0 Å². The van der Waals surface area contributed by atoms with Gasteiger partial charge in [0.15, 0.2) is 0 Å². The van der Waals surface area contributed by atoms with Crippen LogP contribution in [0.1, 0.15) is 47.0 Å². The number of rotatable bonds is 6. The summed E-state index contributed by atoms with van der Waals surface area (Å²) in [6.45, 7) is 13.8. The van der Waals surface area contributed by atoms with Crippen LogP contribution in [0.2, 0.25) is 0 Å². The van der Waals surface area contributed by atoms with Gasteiger partial charge in [-0.1, -0.05) is 27.4 Å². The smallest absolute Gasteiger partial charge is 0.0199 e. The van der Waals surface area contributed by atoms with E-state index in [0.717, 1.165) is 12.2 Å². The number of allylic oxidation sites excluding steroid dienone is 1. The zero-order valence-electron chi connectivity index (χ0n) is 9.04. The molecule has 0 radical (unpaired) electrons. The molecule has 0 spiro atoms. The van der Waals surface area contributed by atoms with Crippen LogP contribution >= 0.6 is 0 Å². The van der Waals surface area contributed by atoms with Crippen LogP contribution in [0.5, 0.6) is 0 Å². The first-order valence-corrected chi connectivity index (χ1v) is 4.99. The molecule has 0 saturated carbocycles. The lowest BCUT2D eigenvalue weighted by molar-refractivity contribution is 0.246. The summed E-state index contributed by atoms with van der Waals surface area (Å²) in [5.41, 5.74) is 1.56. The molecule has 0 heterocycles. The first-order chi connectivity index (χ1) is 5.60. The van der Waals surface area contributed by atoms with E-state index in [9.17, 15) is 0 Å². The maximum Gasteiger partial charge on any atom is 0.0199 e. The van der Waals surface area contributed by atoms with E-state index in [1.165, 1.54) is 19.3 Å². The highest BCUT2D eigenvalue weighted by atomic mass is 14.9. The number of hydrogen-bond acceptors (Lipinski definition) is 1. The van der Waals surface area contributed by atoms with Gasteiger partial charge in [0.05, 0.1) is 0 Å². The molecule has 0 bridgehead atoms. The molecule has 1 N–H and O–H groups in total. The molecule has 1 heteroatoms. The average molecular weight is 169 g/mol. The lowest BCUT2D eigenvalue weighted by atomic mass is 9.80. The Kier molecular flexibility index (Phi) is 5.03. The minimum Gasteiger partial charge on any atom is -0.388 e. The first kappa shape index (κ1) is 11.5. The Hall–Kier alpha value is -0.460. The fourth-order valence-corrected chi connectivity index (χ4v) is 1.46. The minimum absolute atomic E-state index is 0.485. The summed E-state index contributed by atoms with van der Waals surface area (Å²) in [5, 5.41) is 3.34. The second kappa shape index (κ2) is 5.23. The molecule has 0 atom stereocenters. The highest BCUT2D eigenvalue weighted by molar-refractivity contribution is 4.88. The second-order valence-corrected chi connectivity index (χ2v) is 3.69. The van der Waals surface area contributed by atoms with E-state index in [1.54, 1.807) is 0 Å². The Morgan fingerprint density at radius 3 is 1.83 bits per heavy atom. The van der Waals surface area contributed by atoms with Crippen LogP contribution in [-0.2, 0) is 0 Å². The summed E-state index contributed by atoms with van der Waals surface area (Å²) in [5.74, 6) is 0. The molecule has 0 amide bonds. The van der Waals surface area contributed by atoms with Crippen LogP contribution in [0.15, 0.2) is 12.3 Å². The summed E-state index contributed by atoms with van der Waals surface area (Å²) < 4.78 is 0. The van der Waals surface area contributed by atoms with Crippen LogP contribution in [0.4, 0.5) is 0 Å². The van der Waals surface area contributed by atoms with Crippen molar-refractivity contribution in [3.05, 3.63) is 12.3 Å². The Labute approximate surface area is 77.2 Å². The van der Waals surface area contributed by atoms with E-state index in [2.05, 4.69) is 32.7 Å². The van der Waals surface area contributed by atoms with Gasteiger partial charge in [0, 0.05) is 12.2 Å². The van der Waals surface area contributed by atoms with Gasteiger partial charge in [-0.25, -0.2) is 0 Å². The summed E-state index contributed by atoms with van der Waals surface area (Å²) in [6, 6.07) is 0. The van der Waals surface area contributed by atoms with Crippen LogP contribution in [-0.4, -0.2) is 6.54 Å². The molecule has 0 aromatic heterocycles. The molecular formula is C11H23N. The van der Waals surface area contributed by atoms with Gasteiger partial charge in [-0.2, -0.15) is 0 Å². The van der Waals surface area contributed by atoms with Gasteiger partial charge in [0.2, 0.25) is 0 Å². The average Bonchev–Trinajstić information content (AvgIpc) is 2.08. The molecule has 0 fully saturated rings. The number of nitrogens with one attached hydrogen (secondary N) is 1. The van der Waals surface area contributed by atoms with Crippen molar-refractivity contribution in [2.75, 3.05) is 6.54 Å². The van der Waals surface area contributed by atoms with Gasteiger partial charge in [-0.3, -0.25) is 0 Å². The molecule has 12 heavy (non-hydrogen) atoms. The predicted molar refractivity (Wildman–Crippen MR) is 56.1 cm³/mol. The van der Waals surface area contributed by atoms with Gasteiger partial charge >= 0.3 is 0 Å². The highest BCUT2D eigenvalue weighted by Crippen LogP contribution is 2.29. The van der Waals surface area contributed by atoms with E-state index >= 15 is 0 Å². The molecule has 0 rings (SSSR count). The van der Waals surface area contributed by atoms with E-state index in [4.69, 9.17) is 0 Å². The van der Waals surface area contributed by atoms with Gasteiger partial charge in [-0.05, 0) is 31.6 Å². The van der Waals surface area contributed by atoms with Crippen molar-refractivity contribution in [1.29, 1.82) is 0 Å². The Bertz CT molecular complexity index is 126.